The largest absolute Gasteiger partial charge is 0.335 e. The average Bonchev–Trinajstić information content (AvgIpc) is 3.10. The van der Waals surface area contributed by atoms with E-state index < -0.39 is 6.03 Å². The highest BCUT2D eigenvalue weighted by molar-refractivity contribution is 7.99. The number of carbonyl (C=O) groups is 2. The van der Waals surface area contributed by atoms with Crippen LogP contribution in [-0.2, 0) is 11.3 Å². The van der Waals surface area contributed by atoms with Crippen molar-refractivity contribution in [3.05, 3.63) is 35.9 Å². The van der Waals surface area contributed by atoms with Gasteiger partial charge in [0, 0.05) is 6.04 Å². The quantitative estimate of drug-likeness (QED) is 0.736. The topological polar surface area (TPSA) is 102 Å². The normalized spacial score (nSPS) is 19.4. The number of tetrazole rings is 1. The molecule has 1 aromatic carbocycles. The molecule has 1 aliphatic rings. The molecule has 27 heavy (non-hydrogen) atoms. The fraction of sp³-hybridized carbons (Fsp3) is 0.500. The summed E-state index contributed by atoms with van der Waals surface area (Å²) in [6.07, 6.45) is 4.39. The lowest BCUT2D eigenvalue weighted by Crippen LogP contribution is -2.48. The first-order valence-corrected chi connectivity index (χ1v) is 10.1. The molecule has 9 heteroatoms. The lowest BCUT2D eigenvalue weighted by atomic mass is 9.86. The zero-order valence-electron chi connectivity index (χ0n) is 15.3. The van der Waals surface area contributed by atoms with E-state index in [1.54, 1.807) is 4.68 Å². The molecule has 2 aromatic rings. The SMILES string of the molecule is CC1CCCCC1NC(=O)NC(=O)CSc1nnnn1Cc1ccccc1. The number of amides is 3. The number of hydrogen-bond donors (Lipinski definition) is 2. The summed E-state index contributed by atoms with van der Waals surface area (Å²) < 4.78 is 1.64. The monoisotopic (exact) mass is 388 g/mol. The number of imide groups is 1. The van der Waals surface area contributed by atoms with Crippen LogP contribution < -0.4 is 10.6 Å². The van der Waals surface area contributed by atoms with Crippen molar-refractivity contribution in [2.75, 3.05) is 5.75 Å². The Morgan fingerprint density at radius 3 is 2.78 bits per heavy atom. The van der Waals surface area contributed by atoms with Gasteiger partial charge in [-0.25, -0.2) is 9.48 Å². The summed E-state index contributed by atoms with van der Waals surface area (Å²) in [5, 5.41) is 17.4. The standard InChI is InChI=1S/C18H24N6O2S/c1-13-7-5-6-10-15(13)19-17(26)20-16(25)12-27-18-21-22-23-24(18)11-14-8-3-2-4-9-14/h2-4,8-9,13,15H,5-7,10-12H2,1H3,(H2,19,20,25,26). The highest BCUT2D eigenvalue weighted by atomic mass is 32.2. The number of thioether (sulfide) groups is 1. The number of rotatable bonds is 6. The minimum absolute atomic E-state index is 0.0722. The molecule has 3 rings (SSSR count). The highest BCUT2D eigenvalue weighted by Gasteiger charge is 2.23. The molecule has 2 N–H and O–H groups in total. The van der Waals surface area contributed by atoms with E-state index >= 15 is 0 Å². The smallest absolute Gasteiger partial charge is 0.321 e. The van der Waals surface area contributed by atoms with Crippen molar-refractivity contribution in [1.29, 1.82) is 0 Å². The van der Waals surface area contributed by atoms with Crippen molar-refractivity contribution >= 4 is 23.7 Å². The third kappa shape index (κ3) is 5.78. The van der Waals surface area contributed by atoms with Gasteiger partial charge >= 0.3 is 6.03 Å². The summed E-state index contributed by atoms with van der Waals surface area (Å²) in [6.45, 7) is 2.66. The van der Waals surface area contributed by atoms with E-state index in [-0.39, 0.29) is 17.7 Å². The number of urea groups is 1. The van der Waals surface area contributed by atoms with Crippen LogP contribution in [0.15, 0.2) is 35.5 Å². The van der Waals surface area contributed by atoms with Crippen LogP contribution >= 0.6 is 11.8 Å². The van der Waals surface area contributed by atoms with E-state index in [9.17, 15) is 9.59 Å². The first-order chi connectivity index (χ1) is 13.1. The second-order valence-corrected chi connectivity index (χ2v) is 7.73. The van der Waals surface area contributed by atoms with Crippen LogP contribution in [0.4, 0.5) is 4.79 Å². The second-order valence-electron chi connectivity index (χ2n) is 6.78. The Labute approximate surface area is 162 Å². The first-order valence-electron chi connectivity index (χ1n) is 9.15. The van der Waals surface area contributed by atoms with Crippen LogP contribution in [0.3, 0.4) is 0 Å². The Bertz CT molecular complexity index is 766. The average molecular weight is 388 g/mol. The van der Waals surface area contributed by atoms with Gasteiger partial charge in [-0.05, 0) is 34.7 Å². The number of aromatic nitrogens is 4. The molecule has 1 aromatic heterocycles. The molecule has 0 saturated heterocycles. The molecule has 0 bridgehead atoms. The maximum Gasteiger partial charge on any atom is 0.321 e. The van der Waals surface area contributed by atoms with Crippen LogP contribution in [0.2, 0.25) is 0 Å². The molecule has 2 unspecified atom stereocenters. The summed E-state index contributed by atoms with van der Waals surface area (Å²) in [7, 11) is 0. The number of carbonyl (C=O) groups excluding carboxylic acids is 2. The van der Waals surface area contributed by atoms with Crippen LogP contribution in [0, 0.1) is 5.92 Å². The molecule has 1 fully saturated rings. The van der Waals surface area contributed by atoms with E-state index in [0.717, 1.165) is 24.8 Å². The number of nitrogens with one attached hydrogen (secondary N) is 2. The van der Waals surface area contributed by atoms with Crippen molar-refractivity contribution in [3.63, 3.8) is 0 Å². The number of benzene rings is 1. The van der Waals surface area contributed by atoms with Gasteiger partial charge in [0.25, 0.3) is 0 Å². The third-order valence-corrected chi connectivity index (χ3v) is 5.64. The van der Waals surface area contributed by atoms with Crippen molar-refractivity contribution in [3.8, 4) is 0 Å². The molecule has 1 heterocycles. The maximum absolute atomic E-state index is 12.1. The summed E-state index contributed by atoms with van der Waals surface area (Å²) in [6, 6.07) is 9.53. The predicted octanol–water partition coefficient (Wildman–Crippen LogP) is 2.22. The third-order valence-electron chi connectivity index (χ3n) is 4.69. The van der Waals surface area contributed by atoms with Crippen molar-refractivity contribution in [2.45, 2.75) is 50.4 Å². The van der Waals surface area contributed by atoms with Crippen molar-refractivity contribution in [2.24, 2.45) is 5.92 Å². The second kappa shape index (κ2) is 9.50. The van der Waals surface area contributed by atoms with Crippen LogP contribution in [0.1, 0.15) is 38.2 Å². The molecular weight excluding hydrogens is 364 g/mol. The summed E-state index contributed by atoms with van der Waals surface area (Å²) in [4.78, 5) is 24.1. The summed E-state index contributed by atoms with van der Waals surface area (Å²) >= 11 is 1.20. The Morgan fingerprint density at radius 1 is 1.22 bits per heavy atom. The molecule has 3 amide bonds. The Hall–Kier alpha value is -2.42. The van der Waals surface area contributed by atoms with Gasteiger partial charge in [0.05, 0.1) is 12.3 Å². The molecule has 144 valence electrons. The lowest BCUT2D eigenvalue weighted by Gasteiger charge is -2.29. The Balaban J connectivity index is 1.45. The van der Waals surface area contributed by atoms with Gasteiger partial charge in [-0.15, -0.1) is 5.10 Å². The number of nitrogens with zero attached hydrogens (tertiary/aromatic N) is 4. The molecule has 1 aliphatic carbocycles. The lowest BCUT2D eigenvalue weighted by molar-refractivity contribution is -0.117. The van der Waals surface area contributed by atoms with E-state index in [2.05, 4.69) is 33.1 Å². The predicted molar refractivity (Wildman–Crippen MR) is 102 cm³/mol. The molecule has 2 atom stereocenters. The molecule has 8 nitrogen and oxygen atoms in total. The van der Waals surface area contributed by atoms with E-state index in [1.165, 1.54) is 18.2 Å². The van der Waals surface area contributed by atoms with Crippen molar-refractivity contribution in [1.82, 2.24) is 30.8 Å². The van der Waals surface area contributed by atoms with E-state index in [4.69, 9.17) is 0 Å². The molecular formula is C18H24N6O2S. The molecule has 0 radical (unpaired) electrons. The minimum Gasteiger partial charge on any atom is -0.335 e. The Kier molecular flexibility index (Phi) is 6.80. The number of hydrogen-bond acceptors (Lipinski definition) is 6. The first kappa shape index (κ1) is 19.3. The molecule has 0 aliphatic heterocycles. The van der Waals surface area contributed by atoms with E-state index in [1.807, 2.05) is 30.3 Å². The summed E-state index contributed by atoms with van der Waals surface area (Å²) in [5.41, 5.74) is 1.07. The van der Waals surface area contributed by atoms with Gasteiger partial charge in [-0.1, -0.05) is 61.9 Å². The van der Waals surface area contributed by atoms with Gasteiger partial charge in [0.1, 0.15) is 0 Å². The van der Waals surface area contributed by atoms with Crippen LogP contribution in [0.5, 0.6) is 0 Å². The summed E-state index contributed by atoms with van der Waals surface area (Å²) in [5.74, 6) is 0.148. The van der Waals surface area contributed by atoms with Gasteiger partial charge in [0.15, 0.2) is 0 Å². The zero-order valence-corrected chi connectivity index (χ0v) is 16.1. The van der Waals surface area contributed by atoms with Crippen molar-refractivity contribution < 1.29 is 9.59 Å². The fourth-order valence-electron chi connectivity index (χ4n) is 3.18. The molecule has 0 spiro atoms. The van der Waals surface area contributed by atoms with Gasteiger partial charge in [0.2, 0.25) is 11.1 Å². The van der Waals surface area contributed by atoms with Gasteiger partial charge < -0.3 is 5.32 Å². The highest BCUT2D eigenvalue weighted by Crippen LogP contribution is 2.23. The Morgan fingerprint density at radius 2 is 2.00 bits per heavy atom. The molecule has 1 saturated carbocycles. The minimum atomic E-state index is -0.428. The van der Waals surface area contributed by atoms with Crippen LogP contribution in [-0.4, -0.2) is 43.9 Å². The zero-order chi connectivity index (χ0) is 19.1. The van der Waals surface area contributed by atoms with E-state index in [0.29, 0.717) is 17.6 Å². The fourth-order valence-corrected chi connectivity index (χ4v) is 3.86. The maximum atomic E-state index is 12.1. The van der Waals surface area contributed by atoms with Gasteiger partial charge in [-0.3, -0.25) is 10.1 Å². The van der Waals surface area contributed by atoms with Gasteiger partial charge in [-0.2, -0.15) is 0 Å². The van der Waals surface area contributed by atoms with Crippen LogP contribution in [0.25, 0.3) is 0 Å².